The second kappa shape index (κ2) is 6.72. The average Bonchev–Trinajstić information content (AvgIpc) is 2.46. The highest BCUT2D eigenvalue weighted by molar-refractivity contribution is 5.79. The molecule has 1 saturated heterocycles. The number of hydrogen-bond donors (Lipinski definition) is 1. The van der Waals surface area contributed by atoms with Crippen LogP contribution in [0.15, 0.2) is 24.3 Å². The third-order valence-electron chi connectivity index (χ3n) is 3.45. The van der Waals surface area contributed by atoms with Crippen LogP contribution in [0.5, 0.6) is 11.5 Å². The zero-order valence-electron chi connectivity index (χ0n) is 11.9. The highest BCUT2D eigenvalue weighted by Gasteiger charge is 2.29. The molecule has 0 aromatic heterocycles. The van der Waals surface area contributed by atoms with Gasteiger partial charge in [0.15, 0.2) is 17.7 Å². The largest absolute Gasteiger partial charge is 0.493 e. The number of piperidine rings is 1. The van der Waals surface area contributed by atoms with E-state index in [1.807, 2.05) is 29.2 Å². The average molecular weight is 279 g/mol. The van der Waals surface area contributed by atoms with E-state index in [9.17, 15) is 9.90 Å². The van der Waals surface area contributed by atoms with Gasteiger partial charge in [0.2, 0.25) is 0 Å². The van der Waals surface area contributed by atoms with Crippen molar-refractivity contribution in [3.63, 3.8) is 0 Å². The highest BCUT2D eigenvalue weighted by Crippen LogP contribution is 2.28. The summed E-state index contributed by atoms with van der Waals surface area (Å²) in [7, 11) is 1.58. The molecule has 1 heterocycles. The van der Waals surface area contributed by atoms with Crippen LogP contribution in [0.25, 0.3) is 0 Å². The summed E-state index contributed by atoms with van der Waals surface area (Å²) in [6.45, 7) is 2.92. The summed E-state index contributed by atoms with van der Waals surface area (Å²) in [6.07, 6.45) is -0.107. The number of rotatable bonds is 5. The minimum absolute atomic E-state index is 0.267. The molecule has 5 nitrogen and oxygen atoms in total. The molecule has 2 unspecified atom stereocenters. The van der Waals surface area contributed by atoms with Crippen LogP contribution in [-0.4, -0.2) is 48.3 Å². The number of hydrogen-bond acceptors (Lipinski definition) is 5. The van der Waals surface area contributed by atoms with Crippen LogP contribution >= 0.6 is 0 Å². The SMILES string of the molecule is COc1ccccc1OC(C(C)O)N1CCC(=O)CC1. The molecule has 0 amide bonds. The van der Waals surface area contributed by atoms with Crippen LogP contribution in [0.4, 0.5) is 0 Å². The predicted molar refractivity (Wildman–Crippen MR) is 74.9 cm³/mol. The molecule has 2 rings (SSSR count). The number of benzene rings is 1. The predicted octanol–water partition coefficient (Wildman–Crippen LogP) is 1.45. The molecule has 1 fully saturated rings. The number of Topliss-reactive ketones (excluding diaryl/α,β-unsaturated/α-hetero) is 1. The smallest absolute Gasteiger partial charge is 0.178 e. The number of carbonyl (C=O) groups excluding carboxylic acids is 1. The maximum atomic E-state index is 11.3. The quantitative estimate of drug-likeness (QED) is 0.884. The van der Waals surface area contributed by atoms with E-state index in [0.29, 0.717) is 37.4 Å². The van der Waals surface area contributed by atoms with E-state index in [1.165, 1.54) is 0 Å². The van der Waals surface area contributed by atoms with Crippen molar-refractivity contribution >= 4 is 5.78 Å². The highest BCUT2D eigenvalue weighted by atomic mass is 16.5. The number of likely N-dealkylation sites (tertiary alicyclic amines) is 1. The Morgan fingerprint density at radius 3 is 2.35 bits per heavy atom. The normalized spacial score (nSPS) is 19.4. The third-order valence-corrected chi connectivity index (χ3v) is 3.45. The van der Waals surface area contributed by atoms with E-state index in [-0.39, 0.29) is 5.78 Å². The molecule has 0 saturated carbocycles. The van der Waals surface area contributed by atoms with E-state index in [0.717, 1.165) is 0 Å². The second-order valence-corrected chi connectivity index (χ2v) is 4.97. The molecule has 1 aliphatic heterocycles. The van der Waals surface area contributed by atoms with E-state index < -0.39 is 12.3 Å². The molecular weight excluding hydrogens is 258 g/mol. The van der Waals surface area contributed by atoms with Gasteiger partial charge in [-0.3, -0.25) is 9.69 Å². The fourth-order valence-electron chi connectivity index (χ4n) is 2.35. The monoisotopic (exact) mass is 279 g/mol. The lowest BCUT2D eigenvalue weighted by molar-refractivity contribution is -0.126. The van der Waals surface area contributed by atoms with Crippen molar-refractivity contribution in [2.45, 2.75) is 32.1 Å². The fraction of sp³-hybridized carbons (Fsp3) is 0.533. The van der Waals surface area contributed by atoms with Crippen LogP contribution in [0.3, 0.4) is 0 Å². The number of aliphatic hydroxyl groups is 1. The Hall–Kier alpha value is -1.59. The van der Waals surface area contributed by atoms with E-state index in [1.54, 1.807) is 14.0 Å². The molecule has 0 bridgehead atoms. The van der Waals surface area contributed by atoms with Crippen molar-refractivity contribution in [3.8, 4) is 11.5 Å². The number of ether oxygens (including phenoxy) is 2. The maximum absolute atomic E-state index is 11.3. The Balaban J connectivity index is 2.11. The lowest BCUT2D eigenvalue weighted by Crippen LogP contribution is -2.50. The molecule has 0 radical (unpaired) electrons. The summed E-state index contributed by atoms with van der Waals surface area (Å²) in [4.78, 5) is 13.3. The minimum atomic E-state index is -0.659. The first-order valence-corrected chi connectivity index (χ1v) is 6.85. The summed E-state index contributed by atoms with van der Waals surface area (Å²) in [5.74, 6) is 1.49. The third kappa shape index (κ3) is 3.49. The van der Waals surface area contributed by atoms with E-state index in [4.69, 9.17) is 9.47 Å². The maximum Gasteiger partial charge on any atom is 0.178 e. The number of carbonyl (C=O) groups is 1. The fourth-order valence-corrected chi connectivity index (χ4v) is 2.35. The molecular formula is C15H21NO4. The van der Waals surface area contributed by atoms with E-state index >= 15 is 0 Å². The molecule has 20 heavy (non-hydrogen) atoms. The van der Waals surface area contributed by atoms with Crippen molar-refractivity contribution in [1.82, 2.24) is 4.90 Å². The Bertz CT molecular complexity index is 451. The molecule has 2 atom stereocenters. The number of para-hydroxylation sites is 2. The molecule has 110 valence electrons. The van der Waals surface area contributed by atoms with Crippen molar-refractivity contribution < 1.29 is 19.4 Å². The van der Waals surface area contributed by atoms with Gasteiger partial charge in [-0.25, -0.2) is 0 Å². The summed E-state index contributed by atoms with van der Waals surface area (Å²) >= 11 is 0. The molecule has 1 aromatic rings. The molecule has 0 spiro atoms. The first-order valence-electron chi connectivity index (χ1n) is 6.85. The van der Waals surface area contributed by atoms with Crippen LogP contribution in [0.1, 0.15) is 19.8 Å². The van der Waals surface area contributed by atoms with Gasteiger partial charge in [-0.1, -0.05) is 12.1 Å². The molecule has 5 heteroatoms. The molecule has 1 N–H and O–H groups in total. The van der Waals surface area contributed by atoms with Crippen LogP contribution in [0, 0.1) is 0 Å². The van der Waals surface area contributed by atoms with Gasteiger partial charge in [-0.15, -0.1) is 0 Å². The van der Waals surface area contributed by atoms with Gasteiger partial charge < -0.3 is 14.6 Å². The topological polar surface area (TPSA) is 59.0 Å². The van der Waals surface area contributed by atoms with Crippen molar-refractivity contribution in [2.24, 2.45) is 0 Å². The summed E-state index contributed by atoms with van der Waals surface area (Å²) in [5.41, 5.74) is 0. The summed E-state index contributed by atoms with van der Waals surface area (Å²) in [5, 5.41) is 9.96. The Morgan fingerprint density at radius 1 is 1.20 bits per heavy atom. The van der Waals surface area contributed by atoms with E-state index in [2.05, 4.69) is 0 Å². The Kier molecular flexibility index (Phi) is 4.98. The van der Waals surface area contributed by atoms with Gasteiger partial charge in [0.25, 0.3) is 0 Å². The van der Waals surface area contributed by atoms with Crippen LogP contribution in [-0.2, 0) is 4.79 Å². The second-order valence-electron chi connectivity index (χ2n) is 4.97. The van der Waals surface area contributed by atoms with Gasteiger partial charge in [0, 0.05) is 25.9 Å². The van der Waals surface area contributed by atoms with Gasteiger partial charge in [-0.2, -0.15) is 0 Å². The first kappa shape index (κ1) is 14.8. The Labute approximate surface area is 119 Å². The number of aliphatic hydroxyl groups excluding tert-OH is 1. The molecule has 1 aromatic carbocycles. The van der Waals surface area contributed by atoms with Gasteiger partial charge in [0.05, 0.1) is 7.11 Å². The summed E-state index contributed by atoms with van der Waals surface area (Å²) in [6, 6.07) is 7.34. The van der Waals surface area contributed by atoms with Crippen molar-refractivity contribution in [3.05, 3.63) is 24.3 Å². The standard InChI is InChI=1S/C15H21NO4/c1-11(17)15(16-9-7-12(18)8-10-16)20-14-6-4-3-5-13(14)19-2/h3-6,11,15,17H,7-10H2,1-2H3. The van der Waals surface area contributed by atoms with Gasteiger partial charge >= 0.3 is 0 Å². The first-order chi connectivity index (χ1) is 9.61. The van der Waals surface area contributed by atoms with Gasteiger partial charge in [-0.05, 0) is 19.1 Å². The minimum Gasteiger partial charge on any atom is -0.493 e. The summed E-state index contributed by atoms with van der Waals surface area (Å²) < 4.78 is 11.2. The lowest BCUT2D eigenvalue weighted by atomic mass is 10.1. The van der Waals surface area contributed by atoms with Gasteiger partial charge in [0.1, 0.15) is 11.9 Å². The number of ketones is 1. The van der Waals surface area contributed by atoms with Crippen molar-refractivity contribution in [2.75, 3.05) is 20.2 Å². The van der Waals surface area contributed by atoms with Crippen LogP contribution < -0.4 is 9.47 Å². The number of methoxy groups -OCH3 is 1. The zero-order chi connectivity index (χ0) is 14.5. The molecule has 0 aliphatic carbocycles. The zero-order valence-corrected chi connectivity index (χ0v) is 11.9. The van der Waals surface area contributed by atoms with Crippen LogP contribution in [0.2, 0.25) is 0 Å². The van der Waals surface area contributed by atoms with Crippen molar-refractivity contribution in [1.29, 1.82) is 0 Å². The Morgan fingerprint density at radius 2 is 1.80 bits per heavy atom. The lowest BCUT2D eigenvalue weighted by Gasteiger charge is -2.35. The number of nitrogens with zero attached hydrogens (tertiary/aromatic N) is 1. The molecule has 1 aliphatic rings.